The highest BCUT2D eigenvalue weighted by Gasteiger charge is 2.25. The molecule has 0 fully saturated rings. The van der Waals surface area contributed by atoms with Crippen LogP contribution in [0.5, 0.6) is 5.75 Å². The number of carboxylic acid groups (broad SMARTS) is 1. The molecule has 0 atom stereocenters. The lowest BCUT2D eigenvalue weighted by Crippen LogP contribution is -2.41. The Morgan fingerprint density at radius 2 is 1.81 bits per heavy atom. The number of ether oxygens (including phenoxy) is 1. The third-order valence-electron chi connectivity index (χ3n) is 3.05. The van der Waals surface area contributed by atoms with E-state index in [0.717, 1.165) is 12.0 Å². The number of nitrogens with one attached hydrogen (secondary N) is 1. The summed E-state index contributed by atoms with van der Waals surface area (Å²) in [6.45, 7) is 11.4. The van der Waals surface area contributed by atoms with Crippen molar-refractivity contribution in [2.24, 2.45) is 5.41 Å². The molecule has 0 aliphatic heterocycles. The summed E-state index contributed by atoms with van der Waals surface area (Å²) in [6, 6.07) is 7.54. The van der Waals surface area contributed by atoms with Crippen molar-refractivity contribution in [2.75, 3.05) is 6.61 Å². The van der Waals surface area contributed by atoms with Crippen molar-refractivity contribution in [1.29, 1.82) is 0 Å². The molecule has 0 bridgehead atoms. The quantitative estimate of drug-likeness (QED) is 0.808. The van der Waals surface area contributed by atoms with Crippen LogP contribution in [0.2, 0.25) is 0 Å². The smallest absolute Gasteiger partial charge is 0.341 e. The number of rotatable bonds is 7. The molecule has 2 N–H and O–H groups in total. The third-order valence-corrected chi connectivity index (χ3v) is 3.05. The van der Waals surface area contributed by atoms with Gasteiger partial charge in [-0.05, 0) is 31.7 Å². The Balaban J connectivity index is 2.68. The van der Waals surface area contributed by atoms with Gasteiger partial charge in [0.05, 0.1) is 0 Å². The minimum atomic E-state index is -0.967. The molecule has 0 saturated heterocycles. The van der Waals surface area contributed by atoms with E-state index in [9.17, 15) is 4.79 Å². The van der Waals surface area contributed by atoms with E-state index in [1.54, 1.807) is 6.07 Å². The van der Waals surface area contributed by atoms with Crippen LogP contribution >= 0.6 is 0 Å². The van der Waals surface area contributed by atoms with Crippen LogP contribution in [-0.4, -0.2) is 23.2 Å². The molecular formula is C17H27NO3. The summed E-state index contributed by atoms with van der Waals surface area (Å²) < 4.78 is 5.33. The number of hydrogen-bond donors (Lipinski definition) is 2. The molecule has 0 aliphatic rings. The van der Waals surface area contributed by atoms with Crippen LogP contribution in [0.3, 0.4) is 0 Å². The van der Waals surface area contributed by atoms with E-state index in [1.165, 1.54) is 0 Å². The molecule has 0 aromatic heterocycles. The summed E-state index contributed by atoms with van der Waals surface area (Å²) in [7, 11) is 0. The molecule has 118 valence electrons. The molecule has 0 radical (unpaired) electrons. The fourth-order valence-corrected chi connectivity index (χ4v) is 2.65. The first kappa shape index (κ1) is 17.5. The molecule has 0 aliphatic carbocycles. The van der Waals surface area contributed by atoms with Crippen LogP contribution in [0.15, 0.2) is 24.3 Å². The van der Waals surface area contributed by atoms with Gasteiger partial charge in [0, 0.05) is 17.6 Å². The van der Waals surface area contributed by atoms with E-state index in [2.05, 4.69) is 39.9 Å². The highest BCUT2D eigenvalue weighted by atomic mass is 16.5. The zero-order valence-electron chi connectivity index (χ0n) is 13.7. The Bertz CT molecular complexity index is 475. The third kappa shape index (κ3) is 7.14. The second-order valence-electron chi connectivity index (χ2n) is 7.27. The molecule has 4 heteroatoms. The van der Waals surface area contributed by atoms with Crippen molar-refractivity contribution in [2.45, 2.75) is 53.1 Å². The van der Waals surface area contributed by atoms with Gasteiger partial charge in [-0.2, -0.15) is 0 Å². The monoisotopic (exact) mass is 293 g/mol. The highest BCUT2D eigenvalue weighted by Crippen LogP contribution is 2.27. The van der Waals surface area contributed by atoms with Gasteiger partial charge in [-0.3, -0.25) is 0 Å². The zero-order valence-corrected chi connectivity index (χ0v) is 13.7. The Morgan fingerprint density at radius 3 is 2.38 bits per heavy atom. The Hall–Kier alpha value is -1.55. The van der Waals surface area contributed by atoms with E-state index in [4.69, 9.17) is 9.84 Å². The second-order valence-corrected chi connectivity index (χ2v) is 7.27. The molecule has 0 amide bonds. The number of para-hydroxylation sites is 1. The van der Waals surface area contributed by atoms with Crippen molar-refractivity contribution in [3.8, 4) is 5.75 Å². The first-order chi connectivity index (χ1) is 9.59. The van der Waals surface area contributed by atoms with Crippen LogP contribution in [0.25, 0.3) is 0 Å². The molecule has 1 aromatic rings. The number of benzene rings is 1. The summed E-state index contributed by atoms with van der Waals surface area (Å²) >= 11 is 0. The second kappa shape index (κ2) is 6.94. The standard InChI is InChI=1S/C17H27NO3/c1-16(2,3)12-17(4,5)18-10-13-8-6-7-9-14(13)21-11-15(19)20/h6-9,18H,10-12H2,1-5H3,(H,19,20). The van der Waals surface area contributed by atoms with Crippen LogP contribution in [0.4, 0.5) is 0 Å². The summed E-state index contributed by atoms with van der Waals surface area (Å²) in [5.74, 6) is -0.343. The minimum Gasteiger partial charge on any atom is -0.482 e. The van der Waals surface area contributed by atoms with Crippen LogP contribution in [-0.2, 0) is 11.3 Å². The maximum absolute atomic E-state index is 10.6. The zero-order chi connectivity index (χ0) is 16.1. The van der Waals surface area contributed by atoms with Crippen LogP contribution < -0.4 is 10.1 Å². The van der Waals surface area contributed by atoms with Crippen molar-refractivity contribution in [3.63, 3.8) is 0 Å². The van der Waals surface area contributed by atoms with E-state index < -0.39 is 5.97 Å². The predicted octanol–water partition coefficient (Wildman–Crippen LogP) is 3.45. The van der Waals surface area contributed by atoms with Crippen LogP contribution in [0.1, 0.15) is 46.6 Å². The lowest BCUT2D eigenvalue weighted by Gasteiger charge is -2.33. The van der Waals surface area contributed by atoms with Gasteiger partial charge in [0.25, 0.3) is 0 Å². The number of carbonyl (C=O) groups is 1. The maximum atomic E-state index is 10.6. The summed E-state index contributed by atoms with van der Waals surface area (Å²) in [5, 5.41) is 12.2. The van der Waals surface area contributed by atoms with Gasteiger partial charge in [-0.1, -0.05) is 39.0 Å². The van der Waals surface area contributed by atoms with E-state index >= 15 is 0 Å². The van der Waals surface area contributed by atoms with E-state index in [-0.39, 0.29) is 17.6 Å². The molecule has 0 heterocycles. The SMILES string of the molecule is CC(C)(C)CC(C)(C)NCc1ccccc1OCC(=O)O. The molecular weight excluding hydrogens is 266 g/mol. The van der Waals surface area contributed by atoms with Gasteiger partial charge in [0.1, 0.15) is 5.75 Å². The van der Waals surface area contributed by atoms with Gasteiger partial charge in [-0.15, -0.1) is 0 Å². The first-order valence-corrected chi connectivity index (χ1v) is 7.27. The normalized spacial score (nSPS) is 12.2. The number of carboxylic acids is 1. The van der Waals surface area contributed by atoms with Gasteiger partial charge < -0.3 is 15.2 Å². The molecule has 1 rings (SSSR count). The highest BCUT2D eigenvalue weighted by molar-refractivity contribution is 5.68. The van der Waals surface area contributed by atoms with E-state index in [0.29, 0.717) is 12.3 Å². The molecule has 0 saturated carbocycles. The Labute approximate surface area is 127 Å². The summed E-state index contributed by atoms with van der Waals surface area (Å²) in [6.07, 6.45) is 1.04. The molecule has 0 unspecified atom stereocenters. The average Bonchev–Trinajstić information content (AvgIpc) is 2.32. The van der Waals surface area contributed by atoms with Crippen molar-refractivity contribution in [1.82, 2.24) is 5.32 Å². The van der Waals surface area contributed by atoms with Crippen molar-refractivity contribution >= 4 is 5.97 Å². The van der Waals surface area contributed by atoms with Crippen molar-refractivity contribution in [3.05, 3.63) is 29.8 Å². The molecule has 21 heavy (non-hydrogen) atoms. The lowest BCUT2D eigenvalue weighted by molar-refractivity contribution is -0.139. The first-order valence-electron chi connectivity index (χ1n) is 7.27. The summed E-state index contributed by atoms with van der Waals surface area (Å²) in [5.41, 5.74) is 1.22. The van der Waals surface area contributed by atoms with Gasteiger partial charge in [-0.25, -0.2) is 4.79 Å². The molecule has 4 nitrogen and oxygen atoms in total. The molecule has 0 spiro atoms. The lowest BCUT2D eigenvalue weighted by atomic mass is 9.82. The van der Waals surface area contributed by atoms with Gasteiger partial charge in [0.2, 0.25) is 0 Å². The number of aliphatic carboxylic acids is 1. The average molecular weight is 293 g/mol. The molecule has 1 aromatic carbocycles. The van der Waals surface area contributed by atoms with E-state index in [1.807, 2.05) is 18.2 Å². The van der Waals surface area contributed by atoms with Gasteiger partial charge in [0.15, 0.2) is 6.61 Å². The summed E-state index contributed by atoms with van der Waals surface area (Å²) in [4.78, 5) is 10.6. The van der Waals surface area contributed by atoms with Crippen molar-refractivity contribution < 1.29 is 14.6 Å². The maximum Gasteiger partial charge on any atom is 0.341 e. The predicted molar refractivity (Wildman–Crippen MR) is 84.6 cm³/mol. The number of hydrogen-bond acceptors (Lipinski definition) is 3. The van der Waals surface area contributed by atoms with Gasteiger partial charge >= 0.3 is 5.97 Å². The Kier molecular flexibility index (Phi) is 5.78. The fourth-order valence-electron chi connectivity index (χ4n) is 2.65. The largest absolute Gasteiger partial charge is 0.482 e. The Morgan fingerprint density at radius 1 is 1.19 bits per heavy atom. The van der Waals surface area contributed by atoms with Crippen LogP contribution in [0, 0.1) is 5.41 Å². The minimum absolute atomic E-state index is 0.00183. The topological polar surface area (TPSA) is 58.6 Å². The fraction of sp³-hybridized carbons (Fsp3) is 0.588.